The average molecular weight is 238 g/mol. The highest BCUT2D eigenvalue weighted by atomic mass is 16.4. The van der Waals surface area contributed by atoms with E-state index < -0.39 is 5.97 Å². The van der Waals surface area contributed by atoms with Gasteiger partial charge < -0.3 is 19.3 Å². The van der Waals surface area contributed by atoms with Crippen LogP contribution >= 0.6 is 0 Å². The summed E-state index contributed by atoms with van der Waals surface area (Å²) in [6.07, 6.45) is 1.09. The summed E-state index contributed by atoms with van der Waals surface area (Å²) in [4.78, 5) is 26.4. The number of hydrogen-bond acceptors (Lipinski definition) is 4. The molecule has 92 valence electrons. The van der Waals surface area contributed by atoms with Crippen LogP contribution in [-0.2, 0) is 0 Å². The maximum Gasteiger partial charge on any atom is 0.338 e. The second-order valence-corrected chi connectivity index (χ2v) is 4.10. The summed E-state index contributed by atoms with van der Waals surface area (Å²) < 4.78 is 4.98. The van der Waals surface area contributed by atoms with Gasteiger partial charge in [0.25, 0.3) is 5.91 Å². The lowest BCUT2D eigenvalue weighted by Crippen LogP contribution is -2.47. The van der Waals surface area contributed by atoms with E-state index in [0.717, 1.165) is 19.4 Å². The number of likely N-dealkylation sites (N-methyl/N-ethyl adjacent to an activating group) is 1. The van der Waals surface area contributed by atoms with Gasteiger partial charge in [-0.05, 0) is 7.05 Å². The summed E-state index contributed by atoms with van der Waals surface area (Å²) in [5, 5.41) is 8.73. The molecule has 0 radical (unpaired) electrons. The summed E-state index contributed by atoms with van der Waals surface area (Å²) in [5.74, 6) is -1.25. The van der Waals surface area contributed by atoms with Crippen LogP contribution in [0.25, 0.3) is 0 Å². The van der Waals surface area contributed by atoms with Gasteiger partial charge in [0.2, 0.25) is 0 Å². The summed E-state index contributed by atoms with van der Waals surface area (Å²) in [6, 6.07) is 1.27. The standard InChI is InChI=1S/C11H14N2O4/c1-12-2-4-13(5-3-12)10(14)9-6-8(7-17-9)11(15)16/h6-7H,2-5H2,1H3,(H,15,16). The molecule has 0 aromatic carbocycles. The van der Waals surface area contributed by atoms with Crippen molar-refractivity contribution in [3.8, 4) is 0 Å². The molecule has 2 rings (SSSR count). The van der Waals surface area contributed by atoms with E-state index in [1.165, 1.54) is 6.07 Å². The number of carbonyl (C=O) groups is 2. The first-order valence-corrected chi connectivity index (χ1v) is 5.37. The van der Waals surface area contributed by atoms with Gasteiger partial charge in [-0.2, -0.15) is 0 Å². The van der Waals surface area contributed by atoms with E-state index in [2.05, 4.69) is 4.90 Å². The van der Waals surface area contributed by atoms with Gasteiger partial charge in [-0.3, -0.25) is 4.79 Å². The normalized spacial score (nSPS) is 17.1. The van der Waals surface area contributed by atoms with Crippen LogP contribution in [0.2, 0.25) is 0 Å². The molecule has 0 saturated carbocycles. The number of aromatic carboxylic acids is 1. The van der Waals surface area contributed by atoms with Crippen molar-refractivity contribution in [1.82, 2.24) is 9.80 Å². The topological polar surface area (TPSA) is 74.0 Å². The highest BCUT2D eigenvalue weighted by Gasteiger charge is 2.23. The largest absolute Gasteiger partial charge is 0.478 e. The molecule has 0 unspecified atom stereocenters. The van der Waals surface area contributed by atoms with Crippen LogP contribution in [0, 0.1) is 0 Å². The monoisotopic (exact) mass is 238 g/mol. The summed E-state index contributed by atoms with van der Waals surface area (Å²) in [6.45, 7) is 2.91. The molecule has 6 nitrogen and oxygen atoms in total. The molecular weight excluding hydrogens is 224 g/mol. The molecule has 0 aliphatic carbocycles. The lowest BCUT2D eigenvalue weighted by molar-refractivity contribution is 0.0631. The fraction of sp³-hybridized carbons (Fsp3) is 0.455. The Bertz CT molecular complexity index is 432. The molecule has 1 aliphatic heterocycles. The van der Waals surface area contributed by atoms with Crippen LogP contribution in [0.15, 0.2) is 16.7 Å². The van der Waals surface area contributed by atoms with Crippen molar-refractivity contribution in [2.45, 2.75) is 0 Å². The van der Waals surface area contributed by atoms with Crippen molar-refractivity contribution < 1.29 is 19.1 Å². The number of carboxylic acids is 1. The highest BCUT2D eigenvalue weighted by molar-refractivity contribution is 5.95. The zero-order valence-corrected chi connectivity index (χ0v) is 9.55. The number of amides is 1. The van der Waals surface area contributed by atoms with E-state index in [9.17, 15) is 9.59 Å². The molecule has 1 fully saturated rings. The third-order valence-corrected chi connectivity index (χ3v) is 2.85. The number of hydrogen-bond donors (Lipinski definition) is 1. The number of nitrogens with zero attached hydrogens (tertiary/aromatic N) is 2. The lowest BCUT2D eigenvalue weighted by Gasteiger charge is -2.31. The molecule has 0 atom stereocenters. The van der Waals surface area contributed by atoms with Gasteiger partial charge in [0.1, 0.15) is 6.26 Å². The van der Waals surface area contributed by atoms with Crippen molar-refractivity contribution in [2.24, 2.45) is 0 Å². The zero-order valence-electron chi connectivity index (χ0n) is 9.55. The number of carbonyl (C=O) groups excluding carboxylic acids is 1. The van der Waals surface area contributed by atoms with Gasteiger partial charge in [-0.15, -0.1) is 0 Å². The number of rotatable bonds is 2. The Labute approximate surface area is 98.4 Å². The number of carboxylic acid groups (broad SMARTS) is 1. The minimum absolute atomic E-state index is 0.00229. The molecule has 2 heterocycles. The average Bonchev–Trinajstić information content (AvgIpc) is 2.78. The van der Waals surface area contributed by atoms with Gasteiger partial charge in [0.05, 0.1) is 5.56 Å². The van der Waals surface area contributed by atoms with Gasteiger partial charge in [0.15, 0.2) is 5.76 Å². The Hall–Kier alpha value is -1.82. The molecule has 1 amide bonds. The fourth-order valence-electron chi connectivity index (χ4n) is 1.73. The molecule has 1 N–H and O–H groups in total. The van der Waals surface area contributed by atoms with E-state index in [1.54, 1.807) is 4.90 Å². The first-order chi connectivity index (χ1) is 8.08. The molecule has 6 heteroatoms. The van der Waals surface area contributed by atoms with Crippen LogP contribution in [0.4, 0.5) is 0 Å². The Morgan fingerprint density at radius 3 is 2.47 bits per heavy atom. The smallest absolute Gasteiger partial charge is 0.338 e. The van der Waals surface area contributed by atoms with Crippen molar-refractivity contribution in [3.05, 3.63) is 23.7 Å². The maximum atomic E-state index is 12.0. The van der Waals surface area contributed by atoms with Gasteiger partial charge in [-0.25, -0.2) is 4.79 Å². The van der Waals surface area contributed by atoms with Crippen LogP contribution in [-0.4, -0.2) is 60.0 Å². The molecule has 1 aromatic heterocycles. The summed E-state index contributed by atoms with van der Waals surface area (Å²) in [7, 11) is 2.00. The minimum Gasteiger partial charge on any atom is -0.478 e. The van der Waals surface area contributed by atoms with E-state index in [-0.39, 0.29) is 17.2 Å². The third kappa shape index (κ3) is 2.47. The first kappa shape index (κ1) is 11.7. The van der Waals surface area contributed by atoms with Crippen LogP contribution < -0.4 is 0 Å². The Morgan fingerprint density at radius 1 is 1.29 bits per heavy atom. The van der Waals surface area contributed by atoms with Crippen molar-refractivity contribution in [3.63, 3.8) is 0 Å². The summed E-state index contributed by atoms with van der Waals surface area (Å²) in [5.41, 5.74) is 0.00229. The van der Waals surface area contributed by atoms with E-state index in [4.69, 9.17) is 9.52 Å². The molecular formula is C11H14N2O4. The van der Waals surface area contributed by atoms with E-state index in [1.807, 2.05) is 7.05 Å². The Balaban J connectivity index is 2.06. The van der Waals surface area contributed by atoms with Gasteiger partial charge in [0, 0.05) is 32.2 Å². The van der Waals surface area contributed by atoms with E-state index in [0.29, 0.717) is 13.1 Å². The highest BCUT2D eigenvalue weighted by Crippen LogP contribution is 2.12. The predicted octanol–water partition coefficient (Wildman–Crippen LogP) is 0.365. The predicted molar refractivity (Wildman–Crippen MR) is 59.1 cm³/mol. The van der Waals surface area contributed by atoms with Crippen LogP contribution in [0.3, 0.4) is 0 Å². The fourth-order valence-corrected chi connectivity index (χ4v) is 1.73. The Morgan fingerprint density at radius 2 is 1.94 bits per heavy atom. The molecule has 1 aromatic rings. The maximum absolute atomic E-state index is 12.0. The quantitative estimate of drug-likeness (QED) is 0.805. The Kier molecular flexibility index (Phi) is 3.14. The minimum atomic E-state index is -1.09. The second kappa shape index (κ2) is 4.58. The van der Waals surface area contributed by atoms with Gasteiger partial charge in [-0.1, -0.05) is 0 Å². The van der Waals surface area contributed by atoms with Crippen molar-refractivity contribution in [2.75, 3.05) is 33.2 Å². The molecule has 1 aliphatic rings. The number of piperazine rings is 1. The molecule has 0 bridgehead atoms. The third-order valence-electron chi connectivity index (χ3n) is 2.85. The molecule has 1 saturated heterocycles. The summed E-state index contributed by atoms with van der Waals surface area (Å²) >= 11 is 0. The molecule has 17 heavy (non-hydrogen) atoms. The second-order valence-electron chi connectivity index (χ2n) is 4.10. The SMILES string of the molecule is CN1CCN(C(=O)c2cc(C(=O)O)co2)CC1. The lowest BCUT2D eigenvalue weighted by atomic mass is 10.2. The van der Waals surface area contributed by atoms with Crippen molar-refractivity contribution >= 4 is 11.9 Å². The van der Waals surface area contributed by atoms with Crippen molar-refractivity contribution in [1.29, 1.82) is 0 Å². The van der Waals surface area contributed by atoms with Crippen LogP contribution in [0.1, 0.15) is 20.9 Å². The first-order valence-electron chi connectivity index (χ1n) is 5.37. The zero-order chi connectivity index (χ0) is 12.4. The molecule has 0 spiro atoms. The van der Waals surface area contributed by atoms with Gasteiger partial charge >= 0.3 is 5.97 Å². The number of furan rings is 1. The van der Waals surface area contributed by atoms with E-state index >= 15 is 0 Å². The van der Waals surface area contributed by atoms with Crippen LogP contribution in [0.5, 0.6) is 0 Å².